The van der Waals surface area contributed by atoms with Crippen LogP contribution >= 0.6 is 0 Å². The summed E-state index contributed by atoms with van der Waals surface area (Å²) in [7, 11) is 1.79. The largest absolute Gasteiger partial charge is 0.380 e. The second-order valence-corrected chi connectivity index (χ2v) is 4.93. The van der Waals surface area contributed by atoms with E-state index in [1.807, 2.05) is 0 Å². The number of fused-ring (bicyclic) bond motifs is 2. The zero-order chi connectivity index (χ0) is 10.3. The fourth-order valence-corrected chi connectivity index (χ4v) is 3.29. The van der Waals surface area contributed by atoms with Gasteiger partial charge in [0.25, 0.3) is 0 Å². The Labute approximate surface area is 86.6 Å². The summed E-state index contributed by atoms with van der Waals surface area (Å²) in [5, 5.41) is 0. The van der Waals surface area contributed by atoms with Gasteiger partial charge in [0.1, 0.15) is 0 Å². The van der Waals surface area contributed by atoms with Crippen molar-refractivity contribution in [3.05, 3.63) is 0 Å². The Kier molecular flexibility index (Phi) is 2.82. The quantitative estimate of drug-likeness (QED) is 0.718. The van der Waals surface area contributed by atoms with Crippen LogP contribution in [0.3, 0.4) is 0 Å². The normalized spacial score (nSPS) is 43.5. The van der Waals surface area contributed by atoms with E-state index in [4.69, 9.17) is 10.5 Å². The maximum Gasteiger partial charge on any atom is 0.0752 e. The predicted octanol–water partition coefficient (Wildman–Crippen LogP) is 0.974. The Hall–Kier alpha value is -0.120. The molecule has 0 aromatic rings. The van der Waals surface area contributed by atoms with E-state index in [1.165, 1.54) is 12.8 Å². The standard InChI is InChI=1S/C11H22N2O/c1-7(2)13-8-4-5-9(13)11(12)10(6-8)14-3/h7-11H,4-6,12H2,1-3H3/t8-,9+,10-,11-/m0/s1. The fourth-order valence-electron chi connectivity index (χ4n) is 3.29. The van der Waals surface area contributed by atoms with E-state index in [1.54, 1.807) is 7.11 Å². The van der Waals surface area contributed by atoms with E-state index < -0.39 is 0 Å². The monoisotopic (exact) mass is 198 g/mol. The zero-order valence-corrected chi connectivity index (χ0v) is 9.44. The fraction of sp³-hybridized carbons (Fsp3) is 1.00. The van der Waals surface area contributed by atoms with Crippen LogP contribution in [-0.4, -0.2) is 42.3 Å². The van der Waals surface area contributed by atoms with Crippen molar-refractivity contribution >= 4 is 0 Å². The summed E-state index contributed by atoms with van der Waals surface area (Å²) in [6.07, 6.45) is 3.95. The van der Waals surface area contributed by atoms with Crippen molar-refractivity contribution in [2.24, 2.45) is 5.73 Å². The smallest absolute Gasteiger partial charge is 0.0752 e. The molecule has 2 saturated heterocycles. The first kappa shape index (κ1) is 10.4. The summed E-state index contributed by atoms with van der Waals surface area (Å²) in [6, 6.07) is 2.10. The van der Waals surface area contributed by atoms with Gasteiger partial charge in [0.15, 0.2) is 0 Å². The van der Waals surface area contributed by atoms with Gasteiger partial charge in [-0.05, 0) is 33.1 Å². The van der Waals surface area contributed by atoms with Crippen molar-refractivity contribution in [1.82, 2.24) is 4.90 Å². The average Bonchev–Trinajstić information content (AvgIpc) is 2.50. The first-order valence-corrected chi connectivity index (χ1v) is 5.71. The second kappa shape index (κ2) is 3.80. The van der Waals surface area contributed by atoms with E-state index >= 15 is 0 Å². The first-order valence-electron chi connectivity index (χ1n) is 5.71. The summed E-state index contributed by atoms with van der Waals surface area (Å²) in [5.74, 6) is 0. The van der Waals surface area contributed by atoms with Gasteiger partial charge < -0.3 is 10.5 Å². The summed E-state index contributed by atoms with van der Waals surface area (Å²) in [4.78, 5) is 2.60. The Morgan fingerprint density at radius 1 is 1.36 bits per heavy atom. The number of nitrogens with zero attached hydrogens (tertiary/aromatic N) is 1. The van der Waals surface area contributed by atoms with Gasteiger partial charge in [-0.25, -0.2) is 0 Å². The molecule has 4 atom stereocenters. The Morgan fingerprint density at radius 3 is 2.64 bits per heavy atom. The molecule has 0 amide bonds. The second-order valence-electron chi connectivity index (χ2n) is 4.93. The molecular formula is C11H22N2O. The first-order chi connectivity index (χ1) is 6.65. The maximum atomic E-state index is 6.23. The topological polar surface area (TPSA) is 38.5 Å². The van der Waals surface area contributed by atoms with Gasteiger partial charge >= 0.3 is 0 Å². The molecular weight excluding hydrogens is 176 g/mol. The van der Waals surface area contributed by atoms with Gasteiger partial charge in [-0.1, -0.05) is 0 Å². The lowest BCUT2D eigenvalue weighted by atomic mass is 9.93. The van der Waals surface area contributed by atoms with E-state index in [0.29, 0.717) is 18.1 Å². The van der Waals surface area contributed by atoms with Crippen LogP contribution in [-0.2, 0) is 4.74 Å². The molecule has 14 heavy (non-hydrogen) atoms. The molecule has 2 aliphatic heterocycles. The lowest BCUT2D eigenvalue weighted by Crippen LogP contribution is -2.60. The molecule has 0 radical (unpaired) electrons. The van der Waals surface area contributed by atoms with E-state index in [2.05, 4.69) is 18.7 Å². The number of rotatable bonds is 2. The summed E-state index contributed by atoms with van der Waals surface area (Å²) in [6.45, 7) is 4.54. The number of methoxy groups -OCH3 is 1. The third-order valence-corrected chi connectivity index (χ3v) is 3.88. The van der Waals surface area contributed by atoms with Crippen molar-refractivity contribution in [2.75, 3.05) is 7.11 Å². The third kappa shape index (κ3) is 1.47. The van der Waals surface area contributed by atoms with E-state index in [9.17, 15) is 0 Å². The van der Waals surface area contributed by atoms with Gasteiger partial charge in [0.2, 0.25) is 0 Å². The molecule has 0 spiro atoms. The Balaban J connectivity index is 2.14. The molecule has 2 fully saturated rings. The molecule has 3 nitrogen and oxygen atoms in total. The van der Waals surface area contributed by atoms with Crippen molar-refractivity contribution < 1.29 is 4.74 Å². The summed E-state index contributed by atoms with van der Waals surface area (Å²) >= 11 is 0. The van der Waals surface area contributed by atoms with Crippen molar-refractivity contribution in [2.45, 2.75) is 63.4 Å². The van der Waals surface area contributed by atoms with E-state index in [-0.39, 0.29) is 12.1 Å². The molecule has 2 heterocycles. The molecule has 3 heteroatoms. The minimum atomic E-state index is 0.209. The highest BCUT2D eigenvalue weighted by molar-refractivity contribution is 5.03. The predicted molar refractivity (Wildman–Crippen MR) is 57.2 cm³/mol. The molecule has 82 valence electrons. The van der Waals surface area contributed by atoms with E-state index in [0.717, 1.165) is 6.42 Å². The lowest BCUT2D eigenvalue weighted by Gasteiger charge is -2.44. The van der Waals surface area contributed by atoms with Crippen LogP contribution in [0.5, 0.6) is 0 Å². The molecule has 2 bridgehead atoms. The molecule has 0 unspecified atom stereocenters. The van der Waals surface area contributed by atoms with Crippen LogP contribution in [0.15, 0.2) is 0 Å². The number of hydrogen-bond acceptors (Lipinski definition) is 3. The van der Waals surface area contributed by atoms with Crippen LogP contribution in [0.25, 0.3) is 0 Å². The van der Waals surface area contributed by atoms with Gasteiger partial charge in [-0.3, -0.25) is 4.90 Å². The van der Waals surface area contributed by atoms with Crippen LogP contribution in [0.2, 0.25) is 0 Å². The summed E-state index contributed by atoms with van der Waals surface area (Å²) in [5.41, 5.74) is 6.23. The SMILES string of the molecule is CO[C@H]1C[C@@H]2CC[C@H]([C@@H]1N)N2C(C)C. The number of piperidine rings is 1. The number of hydrogen-bond donors (Lipinski definition) is 1. The highest BCUT2D eigenvalue weighted by Crippen LogP contribution is 2.37. The molecule has 0 aromatic heterocycles. The molecule has 0 aliphatic carbocycles. The number of ether oxygens (including phenoxy) is 1. The highest BCUT2D eigenvalue weighted by Gasteiger charge is 2.46. The van der Waals surface area contributed by atoms with Gasteiger partial charge in [-0.2, -0.15) is 0 Å². The average molecular weight is 198 g/mol. The minimum Gasteiger partial charge on any atom is -0.380 e. The minimum absolute atomic E-state index is 0.209. The van der Waals surface area contributed by atoms with Crippen molar-refractivity contribution in [1.29, 1.82) is 0 Å². The van der Waals surface area contributed by atoms with Gasteiger partial charge in [0, 0.05) is 31.3 Å². The number of nitrogens with two attached hydrogens (primary N) is 1. The zero-order valence-electron chi connectivity index (χ0n) is 9.44. The van der Waals surface area contributed by atoms with Crippen molar-refractivity contribution in [3.63, 3.8) is 0 Å². The van der Waals surface area contributed by atoms with Gasteiger partial charge in [-0.15, -0.1) is 0 Å². The molecule has 2 rings (SSSR count). The summed E-state index contributed by atoms with van der Waals surface area (Å²) < 4.78 is 5.46. The van der Waals surface area contributed by atoms with Gasteiger partial charge in [0.05, 0.1) is 6.10 Å². The van der Waals surface area contributed by atoms with Crippen LogP contribution in [0, 0.1) is 0 Å². The molecule has 2 aliphatic rings. The Bertz CT molecular complexity index is 207. The highest BCUT2D eigenvalue weighted by atomic mass is 16.5. The van der Waals surface area contributed by atoms with Crippen LogP contribution in [0.1, 0.15) is 33.1 Å². The van der Waals surface area contributed by atoms with Crippen LogP contribution in [0.4, 0.5) is 0 Å². The molecule has 0 aromatic carbocycles. The molecule has 2 N–H and O–H groups in total. The lowest BCUT2D eigenvalue weighted by molar-refractivity contribution is -0.0225. The maximum absolute atomic E-state index is 6.23. The van der Waals surface area contributed by atoms with Crippen molar-refractivity contribution in [3.8, 4) is 0 Å². The Morgan fingerprint density at radius 2 is 2.07 bits per heavy atom. The third-order valence-electron chi connectivity index (χ3n) is 3.88. The van der Waals surface area contributed by atoms with Crippen LogP contribution < -0.4 is 5.73 Å². The molecule has 0 saturated carbocycles.